The van der Waals surface area contributed by atoms with Crippen molar-refractivity contribution in [3.8, 4) is 0 Å². The van der Waals surface area contributed by atoms with E-state index >= 15 is 0 Å². The van der Waals surface area contributed by atoms with Crippen LogP contribution in [0.2, 0.25) is 0 Å². The lowest BCUT2D eigenvalue weighted by Gasteiger charge is -2.15. The summed E-state index contributed by atoms with van der Waals surface area (Å²) in [5.41, 5.74) is 8.41. The minimum Gasteiger partial charge on any atom is -0.327 e. The van der Waals surface area contributed by atoms with E-state index in [-0.39, 0.29) is 0 Å². The summed E-state index contributed by atoms with van der Waals surface area (Å²) < 4.78 is 1.88. The normalized spacial score (nSPS) is 23.3. The zero-order valence-electron chi connectivity index (χ0n) is 6.75. The first kappa shape index (κ1) is 6.85. The molecule has 0 unspecified atom stereocenters. The SMILES string of the molecule is Cn1cc2c(n1)CC[C@H](N)C2. The molecular weight excluding hydrogens is 138 g/mol. The van der Waals surface area contributed by atoms with Gasteiger partial charge < -0.3 is 5.73 Å². The molecule has 3 heteroatoms. The number of hydrogen-bond donors (Lipinski definition) is 1. The molecule has 0 amide bonds. The number of hydrogen-bond acceptors (Lipinski definition) is 2. The second-order valence-electron chi connectivity index (χ2n) is 3.28. The van der Waals surface area contributed by atoms with Crippen molar-refractivity contribution < 1.29 is 0 Å². The van der Waals surface area contributed by atoms with Crippen molar-refractivity contribution in [3.63, 3.8) is 0 Å². The summed E-state index contributed by atoms with van der Waals surface area (Å²) in [7, 11) is 1.96. The molecule has 0 fully saturated rings. The third kappa shape index (κ3) is 1.16. The van der Waals surface area contributed by atoms with Gasteiger partial charge in [0.1, 0.15) is 0 Å². The van der Waals surface area contributed by atoms with E-state index in [1.54, 1.807) is 0 Å². The monoisotopic (exact) mass is 151 g/mol. The van der Waals surface area contributed by atoms with Crippen LogP contribution in [-0.2, 0) is 19.9 Å². The smallest absolute Gasteiger partial charge is 0.0657 e. The average molecular weight is 151 g/mol. The third-order valence-electron chi connectivity index (χ3n) is 2.23. The number of aromatic nitrogens is 2. The molecule has 3 nitrogen and oxygen atoms in total. The molecule has 0 aliphatic heterocycles. The molecule has 0 aromatic carbocycles. The molecule has 11 heavy (non-hydrogen) atoms. The van der Waals surface area contributed by atoms with E-state index in [9.17, 15) is 0 Å². The van der Waals surface area contributed by atoms with Crippen LogP contribution < -0.4 is 5.73 Å². The van der Waals surface area contributed by atoms with Crippen molar-refractivity contribution in [1.82, 2.24) is 9.78 Å². The van der Waals surface area contributed by atoms with E-state index in [2.05, 4.69) is 11.3 Å². The molecule has 2 rings (SSSR count). The Morgan fingerprint density at radius 2 is 2.55 bits per heavy atom. The Labute approximate surface area is 66.2 Å². The first-order chi connectivity index (χ1) is 5.25. The van der Waals surface area contributed by atoms with Gasteiger partial charge in [0.25, 0.3) is 0 Å². The molecule has 0 saturated heterocycles. The lowest BCUT2D eigenvalue weighted by Crippen LogP contribution is -2.27. The Bertz CT molecular complexity index is 264. The van der Waals surface area contributed by atoms with Gasteiger partial charge in [-0.05, 0) is 24.8 Å². The second-order valence-corrected chi connectivity index (χ2v) is 3.28. The summed E-state index contributed by atoms with van der Waals surface area (Å²) in [5.74, 6) is 0. The lowest BCUT2D eigenvalue weighted by atomic mass is 9.94. The van der Waals surface area contributed by atoms with Crippen molar-refractivity contribution in [2.24, 2.45) is 12.8 Å². The van der Waals surface area contributed by atoms with Crippen LogP contribution in [0.15, 0.2) is 6.20 Å². The summed E-state index contributed by atoms with van der Waals surface area (Å²) in [6, 6.07) is 0.353. The van der Waals surface area contributed by atoms with Crippen molar-refractivity contribution in [2.45, 2.75) is 25.3 Å². The summed E-state index contributed by atoms with van der Waals surface area (Å²) in [5, 5.41) is 4.35. The standard InChI is InChI=1S/C8H13N3/c1-11-5-6-4-7(9)2-3-8(6)10-11/h5,7H,2-4,9H2,1H3/t7-/m0/s1. The molecule has 1 atom stereocenters. The van der Waals surface area contributed by atoms with Crippen molar-refractivity contribution >= 4 is 0 Å². The zero-order valence-corrected chi connectivity index (χ0v) is 6.75. The molecule has 1 aromatic heterocycles. The number of rotatable bonds is 0. The summed E-state index contributed by atoms with van der Waals surface area (Å²) in [6.07, 6.45) is 5.22. The minimum absolute atomic E-state index is 0.353. The van der Waals surface area contributed by atoms with Crippen LogP contribution >= 0.6 is 0 Å². The Hall–Kier alpha value is -0.830. The van der Waals surface area contributed by atoms with E-state index in [1.807, 2.05) is 11.7 Å². The lowest BCUT2D eigenvalue weighted by molar-refractivity contribution is 0.569. The van der Waals surface area contributed by atoms with E-state index < -0.39 is 0 Å². The van der Waals surface area contributed by atoms with Gasteiger partial charge in [0.2, 0.25) is 0 Å². The maximum Gasteiger partial charge on any atom is 0.0657 e. The fourth-order valence-corrected chi connectivity index (χ4v) is 1.67. The highest BCUT2D eigenvalue weighted by Gasteiger charge is 2.17. The molecule has 1 aromatic rings. The Morgan fingerprint density at radius 3 is 3.36 bits per heavy atom. The zero-order chi connectivity index (χ0) is 7.84. The van der Waals surface area contributed by atoms with E-state index in [1.165, 1.54) is 11.3 Å². The van der Waals surface area contributed by atoms with Crippen LogP contribution in [0.25, 0.3) is 0 Å². The molecule has 0 saturated carbocycles. The van der Waals surface area contributed by atoms with Gasteiger partial charge in [0.05, 0.1) is 5.69 Å². The summed E-state index contributed by atoms with van der Waals surface area (Å²) in [6.45, 7) is 0. The number of nitrogens with zero attached hydrogens (tertiary/aromatic N) is 2. The predicted molar refractivity (Wildman–Crippen MR) is 43.2 cm³/mol. The van der Waals surface area contributed by atoms with Gasteiger partial charge in [-0.2, -0.15) is 5.10 Å². The van der Waals surface area contributed by atoms with Gasteiger partial charge in [-0.15, -0.1) is 0 Å². The van der Waals surface area contributed by atoms with Crippen molar-refractivity contribution in [2.75, 3.05) is 0 Å². The number of aryl methyl sites for hydroxylation is 2. The van der Waals surface area contributed by atoms with Crippen molar-refractivity contribution in [3.05, 3.63) is 17.5 Å². The highest BCUT2D eigenvalue weighted by atomic mass is 15.3. The Balaban J connectivity index is 2.34. The fraction of sp³-hybridized carbons (Fsp3) is 0.625. The van der Waals surface area contributed by atoms with Gasteiger partial charge >= 0.3 is 0 Å². The molecular formula is C8H13N3. The number of fused-ring (bicyclic) bond motifs is 1. The highest BCUT2D eigenvalue weighted by Crippen LogP contribution is 2.17. The third-order valence-corrected chi connectivity index (χ3v) is 2.23. The molecule has 60 valence electrons. The van der Waals surface area contributed by atoms with Crippen LogP contribution in [0.1, 0.15) is 17.7 Å². The van der Waals surface area contributed by atoms with Gasteiger partial charge in [-0.3, -0.25) is 4.68 Å². The molecule has 1 aliphatic rings. The quantitative estimate of drug-likeness (QED) is 0.577. The van der Waals surface area contributed by atoms with Gasteiger partial charge in [-0.1, -0.05) is 0 Å². The van der Waals surface area contributed by atoms with Crippen LogP contribution in [0, 0.1) is 0 Å². The Morgan fingerprint density at radius 1 is 1.73 bits per heavy atom. The molecule has 0 radical (unpaired) electrons. The minimum atomic E-state index is 0.353. The highest BCUT2D eigenvalue weighted by molar-refractivity contribution is 5.21. The van der Waals surface area contributed by atoms with Crippen molar-refractivity contribution in [1.29, 1.82) is 0 Å². The van der Waals surface area contributed by atoms with E-state index in [0.717, 1.165) is 19.3 Å². The molecule has 2 N–H and O–H groups in total. The molecule has 1 aliphatic carbocycles. The molecule has 0 bridgehead atoms. The second kappa shape index (κ2) is 2.34. The maximum absolute atomic E-state index is 5.82. The Kier molecular flexibility index (Phi) is 1.46. The average Bonchev–Trinajstić information content (AvgIpc) is 2.27. The van der Waals surface area contributed by atoms with Crippen LogP contribution in [0.3, 0.4) is 0 Å². The first-order valence-electron chi connectivity index (χ1n) is 4.02. The van der Waals surface area contributed by atoms with Crippen LogP contribution in [0.4, 0.5) is 0 Å². The van der Waals surface area contributed by atoms with Gasteiger partial charge in [-0.25, -0.2) is 0 Å². The fourth-order valence-electron chi connectivity index (χ4n) is 1.67. The summed E-state index contributed by atoms with van der Waals surface area (Å²) >= 11 is 0. The molecule has 1 heterocycles. The molecule has 0 spiro atoms. The van der Waals surface area contributed by atoms with E-state index in [4.69, 9.17) is 5.73 Å². The topological polar surface area (TPSA) is 43.8 Å². The van der Waals surface area contributed by atoms with Gasteiger partial charge in [0.15, 0.2) is 0 Å². The maximum atomic E-state index is 5.82. The number of nitrogens with two attached hydrogens (primary N) is 1. The van der Waals surface area contributed by atoms with Crippen LogP contribution in [0.5, 0.6) is 0 Å². The van der Waals surface area contributed by atoms with Gasteiger partial charge in [0, 0.05) is 19.3 Å². The van der Waals surface area contributed by atoms with E-state index in [0.29, 0.717) is 6.04 Å². The summed E-state index contributed by atoms with van der Waals surface area (Å²) in [4.78, 5) is 0. The van der Waals surface area contributed by atoms with Crippen LogP contribution in [-0.4, -0.2) is 15.8 Å². The predicted octanol–water partition coefficient (Wildman–Crippen LogP) is 0.236. The first-order valence-corrected chi connectivity index (χ1v) is 4.02. The largest absolute Gasteiger partial charge is 0.327 e.